The first-order valence-electron chi connectivity index (χ1n) is 11.6. The minimum Gasteiger partial charge on any atom is -0.326 e. The summed E-state index contributed by atoms with van der Waals surface area (Å²) in [6.07, 6.45) is 2.52. The number of amides is 3. The number of benzene rings is 2. The van der Waals surface area contributed by atoms with Gasteiger partial charge in [-0.1, -0.05) is 37.3 Å². The monoisotopic (exact) mass is 483 g/mol. The summed E-state index contributed by atoms with van der Waals surface area (Å²) >= 11 is 0. The van der Waals surface area contributed by atoms with Crippen molar-refractivity contribution in [1.29, 1.82) is 0 Å². The molecule has 2 atom stereocenters. The first-order valence-corrected chi connectivity index (χ1v) is 13.0. The normalized spacial score (nSPS) is 23.9. The largest absolute Gasteiger partial charge is 0.326 e. The average Bonchev–Trinajstić information content (AvgIpc) is 2.86. The van der Waals surface area contributed by atoms with Gasteiger partial charge in [-0.25, -0.2) is 8.42 Å². The van der Waals surface area contributed by atoms with E-state index in [4.69, 9.17) is 0 Å². The number of hydrogen-bond acceptors (Lipinski definition) is 5. The molecular formula is C25H29N3O5S. The van der Waals surface area contributed by atoms with Crippen LogP contribution < -0.4 is 10.6 Å². The molecule has 0 bridgehead atoms. The van der Waals surface area contributed by atoms with Crippen molar-refractivity contribution in [2.75, 3.05) is 18.4 Å². The van der Waals surface area contributed by atoms with E-state index in [1.54, 1.807) is 42.5 Å². The third-order valence-corrected chi connectivity index (χ3v) is 8.79. The maximum absolute atomic E-state index is 12.9. The van der Waals surface area contributed by atoms with E-state index in [9.17, 15) is 22.8 Å². The van der Waals surface area contributed by atoms with Gasteiger partial charge in [0.2, 0.25) is 27.7 Å². The molecule has 2 unspecified atom stereocenters. The number of sulfonamides is 1. The maximum atomic E-state index is 12.9. The van der Waals surface area contributed by atoms with Gasteiger partial charge in [-0.2, -0.15) is 4.31 Å². The van der Waals surface area contributed by atoms with Crippen LogP contribution in [0.2, 0.25) is 0 Å². The Morgan fingerprint density at radius 3 is 2.47 bits per heavy atom. The number of rotatable bonds is 6. The Morgan fingerprint density at radius 1 is 1.12 bits per heavy atom. The van der Waals surface area contributed by atoms with Crippen LogP contribution in [0.4, 0.5) is 5.69 Å². The number of carbonyl (C=O) groups is 3. The number of piperidine rings is 2. The summed E-state index contributed by atoms with van der Waals surface area (Å²) in [5.41, 5.74) is 0.623. The molecule has 0 saturated carbocycles. The molecule has 8 nitrogen and oxygen atoms in total. The predicted octanol–water partition coefficient (Wildman–Crippen LogP) is 2.81. The highest BCUT2D eigenvalue weighted by atomic mass is 32.2. The molecule has 2 heterocycles. The zero-order valence-corrected chi connectivity index (χ0v) is 19.9. The lowest BCUT2D eigenvalue weighted by molar-refractivity contribution is -0.138. The highest BCUT2D eigenvalue weighted by molar-refractivity contribution is 7.89. The van der Waals surface area contributed by atoms with Crippen molar-refractivity contribution < 1.29 is 22.8 Å². The molecule has 0 radical (unpaired) electrons. The van der Waals surface area contributed by atoms with Crippen LogP contribution >= 0.6 is 0 Å². The molecule has 180 valence electrons. The van der Waals surface area contributed by atoms with E-state index >= 15 is 0 Å². The third kappa shape index (κ3) is 4.63. The number of nitrogens with zero attached hydrogens (tertiary/aromatic N) is 1. The predicted molar refractivity (Wildman–Crippen MR) is 127 cm³/mol. The average molecular weight is 484 g/mol. The molecule has 2 fully saturated rings. The maximum Gasteiger partial charge on any atom is 0.243 e. The van der Waals surface area contributed by atoms with Crippen molar-refractivity contribution in [1.82, 2.24) is 9.62 Å². The Hall–Kier alpha value is -3.04. The van der Waals surface area contributed by atoms with Crippen molar-refractivity contribution in [3.63, 3.8) is 0 Å². The lowest BCUT2D eigenvalue weighted by Crippen LogP contribution is -2.51. The van der Waals surface area contributed by atoms with Crippen molar-refractivity contribution in [2.45, 2.75) is 49.3 Å². The summed E-state index contributed by atoms with van der Waals surface area (Å²) in [5, 5.41) is 5.32. The van der Waals surface area contributed by atoms with Crippen molar-refractivity contribution in [3.05, 3.63) is 60.2 Å². The molecule has 0 aliphatic carbocycles. The Labute approximate surface area is 199 Å². The van der Waals surface area contributed by atoms with E-state index in [2.05, 4.69) is 10.6 Å². The zero-order chi connectivity index (χ0) is 24.3. The number of anilines is 1. The molecule has 34 heavy (non-hydrogen) atoms. The van der Waals surface area contributed by atoms with E-state index in [1.165, 1.54) is 4.31 Å². The molecule has 0 spiro atoms. The molecule has 0 aromatic heterocycles. The number of carbonyl (C=O) groups excluding carboxylic acids is 3. The number of imide groups is 1. The standard InChI is InChI=1S/C25H29N3O5S/c1-2-25(15-14-22(29)27-24(25)31)19-10-12-20(13-11-19)26-23(30)18-7-6-16-28(17-18)34(32,33)21-8-4-3-5-9-21/h3-5,8-13,18H,2,6-7,14-17H2,1H3,(H,26,30)(H,27,29,31). The first-order chi connectivity index (χ1) is 16.3. The van der Waals surface area contributed by atoms with Crippen LogP contribution in [0.15, 0.2) is 59.5 Å². The summed E-state index contributed by atoms with van der Waals surface area (Å²) in [5.74, 6) is -1.23. The van der Waals surface area contributed by atoms with Crippen LogP contribution in [0.1, 0.15) is 44.6 Å². The molecule has 2 N–H and O–H groups in total. The quantitative estimate of drug-likeness (QED) is 0.614. The van der Waals surface area contributed by atoms with Crippen LogP contribution in [0.5, 0.6) is 0 Å². The van der Waals surface area contributed by atoms with E-state index in [1.807, 2.05) is 19.1 Å². The third-order valence-electron chi connectivity index (χ3n) is 6.91. The molecule has 2 aromatic rings. The second kappa shape index (κ2) is 9.68. The smallest absolute Gasteiger partial charge is 0.243 e. The van der Waals surface area contributed by atoms with Gasteiger partial charge in [0, 0.05) is 25.2 Å². The van der Waals surface area contributed by atoms with Gasteiger partial charge in [0.15, 0.2) is 0 Å². The van der Waals surface area contributed by atoms with Crippen LogP contribution in [-0.4, -0.2) is 43.5 Å². The summed E-state index contributed by atoms with van der Waals surface area (Å²) in [4.78, 5) is 37.3. The van der Waals surface area contributed by atoms with Crippen molar-refractivity contribution in [2.24, 2.45) is 5.92 Å². The Morgan fingerprint density at radius 2 is 1.82 bits per heavy atom. The summed E-state index contributed by atoms with van der Waals surface area (Å²) in [7, 11) is -3.65. The van der Waals surface area contributed by atoms with Gasteiger partial charge in [0.05, 0.1) is 16.2 Å². The lowest BCUT2D eigenvalue weighted by atomic mass is 9.72. The lowest BCUT2D eigenvalue weighted by Gasteiger charge is -2.35. The highest BCUT2D eigenvalue weighted by Gasteiger charge is 2.42. The van der Waals surface area contributed by atoms with Gasteiger partial charge in [0.25, 0.3) is 0 Å². The SMILES string of the molecule is CCC1(c2ccc(NC(=O)C3CCCN(S(=O)(=O)c4ccccc4)C3)cc2)CCC(=O)NC1=O. The van der Waals surface area contributed by atoms with E-state index in [0.29, 0.717) is 44.3 Å². The van der Waals surface area contributed by atoms with Gasteiger partial charge < -0.3 is 5.32 Å². The van der Waals surface area contributed by atoms with Crippen LogP contribution in [0.25, 0.3) is 0 Å². The van der Waals surface area contributed by atoms with Gasteiger partial charge in [-0.3, -0.25) is 19.7 Å². The van der Waals surface area contributed by atoms with Crippen LogP contribution in [-0.2, 0) is 29.8 Å². The molecule has 3 amide bonds. The molecule has 2 aliphatic heterocycles. The second-order valence-corrected chi connectivity index (χ2v) is 10.8. The highest BCUT2D eigenvalue weighted by Crippen LogP contribution is 2.36. The van der Waals surface area contributed by atoms with Gasteiger partial charge in [-0.05, 0) is 55.5 Å². The molecule has 2 aromatic carbocycles. The minimum absolute atomic E-state index is 0.133. The zero-order valence-electron chi connectivity index (χ0n) is 19.1. The van der Waals surface area contributed by atoms with Crippen molar-refractivity contribution in [3.8, 4) is 0 Å². The van der Waals surface area contributed by atoms with Crippen LogP contribution in [0.3, 0.4) is 0 Å². The number of hydrogen-bond donors (Lipinski definition) is 2. The fourth-order valence-corrected chi connectivity index (χ4v) is 6.34. The Bertz CT molecular complexity index is 1180. The molecule has 9 heteroatoms. The summed E-state index contributed by atoms with van der Waals surface area (Å²) < 4.78 is 27.3. The van der Waals surface area contributed by atoms with Crippen molar-refractivity contribution >= 4 is 33.4 Å². The summed E-state index contributed by atoms with van der Waals surface area (Å²) in [6.45, 7) is 2.44. The van der Waals surface area contributed by atoms with Gasteiger partial charge >= 0.3 is 0 Å². The van der Waals surface area contributed by atoms with E-state index in [0.717, 1.165) is 5.56 Å². The second-order valence-electron chi connectivity index (χ2n) is 8.89. The molecular weight excluding hydrogens is 454 g/mol. The minimum atomic E-state index is -3.65. The fourth-order valence-electron chi connectivity index (χ4n) is 4.80. The number of nitrogens with one attached hydrogen (secondary N) is 2. The first kappa shape index (κ1) is 24.1. The molecule has 2 saturated heterocycles. The van der Waals surface area contributed by atoms with Gasteiger partial charge in [-0.15, -0.1) is 0 Å². The molecule has 4 rings (SSSR count). The van der Waals surface area contributed by atoms with Gasteiger partial charge in [0.1, 0.15) is 0 Å². The van der Waals surface area contributed by atoms with E-state index in [-0.39, 0.29) is 29.2 Å². The Balaban J connectivity index is 1.44. The fraction of sp³-hybridized carbons (Fsp3) is 0.400. The molecule has 2 aliphatic rings. The van der Waals surface area contributed by atoms with E-state index < -0.39 is 21.4 Å². The summed E-state index contributed by atoms with van der Waals surface area (Å²) in [6, 6.07) is 15.4. The topological polar surface area (TPSA) is 113 Å². The van der Waals surface area contributed by atoms with Crippen LogP contribution in [0, 0.1) is 5.92 Å². The Kier molecular flexibility index (Phi) is 6.86.